The van der Waals surface area contributed by atoms with Gasteiger partial charge in [0.1, 0.15) is 5.75 Å². The molecule has 5 heteroatoms. The minimum absolute atomic E-state index is 0.128. The van der Waals surface area contributed by atoms with E-state index in [9.17, 15) is 8.78 Å². The first kappa shape index (κ1) is 16.2. The van der Waals surface area contributed by atoms with Crippen LogP contribution in [-0.4, -0.2) is 30.6 Å². The topological polar surface area (TPSA) is 38.5 Å². The van der Waals surface area contributed by atoms with E-state index in [1.54, 1.807) is 12.1 Å². The van der Waals surface area contributed by atoms with E-state index >= 15 is 0 Å². The van der Waals surface area contributed by atoms with E-state index in [1.165, 1.54) is 12.8 Å². The first-order valence-electron chi connectivity index (χ1n) is 7.51. The molecule has 0 saturated carbocycles. The summed E-state index contributed by atoms with van der Waals surface area (Å²) >= 11 is 0. The predicted octanol–water partition coefficient (Wildman–Crippen LogP) is 3.41. The van der Waals surface area contributed by atoms with Gasteiger partial charge >= 0.3 is 6.61 Å². The van der Waals surface area contributed by atoms with E-state index < -0.39 is 6.61 Å². The standard InChI is InChI=1S/C16H24F2N2O/c1-11-3-4-12(2)20(10-11)15(9-19)13-5-7-14(8-6-13)21-16(17)18/h5-8,11-12,15-16H,3-4,9-10,19H2,1-2H3. The van der Waals surface area contributed by atoms with Gasteiger partial charge in [-0.1, -0.05) is 19.1 Å². The number of ether oxygens (including phenoxy) is 1. The Bertz CT molecular complexity index is 438. The lowest BCUT2D eigenvalue weighted by atomic mass is 9.91. The van der Waals surface area contributed by atoms with Gasteiger partial charge < -0.3 is 10.5 Å². The average Bonchev–Trinajstić information content (AvgIpc) is 2.44. The Kier molecular flexibility index (Phi) is 5.53. The summed E-state index contributed by atoms with van der Waals surface area (Å²) in [6, 6.07) is 7.46. The summed E-state index contributed by atoms with van der Waals surface area (Å²) in [7, 11) is 0. The molecule has 0 spiro atoms. The fourth-order valence-electron chi connectivity index (χ4n) is 3.09. The molecule has 1 saturated heterocycles. The van der Waals surface area contributed by atoms with E-state index in [1.807, 2.05) is 12.1 Å². The average molecular weight is 298 g/mol. The monoisotopic (exact) mass is 298 g/mol. The van der Waals surface area contributed by atoms with Crippen LogP contribution in [0.25, 0.3) is 0 Å². The summed E-state index contributed by atoms with van der Waals surface area (Å²) in [5, 5.41) is 0. The van der Waals surface area contributed by atoms with Crippen LogP contribution in [0.3, 0.4) is 0 Å². The van der Waals surface area contributed by atoms with Gasteiger partial charge in [0.25, 0.3) is 0 Å². The Balaban J connectivity index is 2.12. The molecular weight excluding hydrogens is 274 g/mol. The molecule has 1 aliphatic rings. The highest BCUT2D eigenvalue weighted by Crippen LogP contribution is 2.31. The summed E-state index contributed by atoms with van der Waals surface area (Å²) in [6.45, 7) is 3.24. The number of alkyl halides is 2. The lowest BCUT2D eigenvalue weighted by molar-refractivity contribution is -0.0498. The van der Waals surface area contributed by atoms with E-state index in [-0.39, 0.29) is 11.8 Å². The quantitative estimate of drug-likeness (QED) is 0.905. The van der Waals surface area contributed by atoms with Gasteiger partial charge in [0.05, 0.1) is 0 Å². The number of rotatable bonds is 5. The number of halogens is 2. The summed E-state index contributed by atoms with van der Waals surface area (Å²) in [5.74, 6) is 0.848. The molecule has 0 bridgehead atoms. The van der Waals surface area contributed by atoms with Crippen molar-refractivity contribution in [3.05, 3.63) is 29.8 Å². The van der Waals surface area contributed by atoms with E-state index in [2.05, 4.69) is 23.5 Å². The van der Waals surface area contributed by atoms with Gasteiger partial charge in [-0.05, 0) is 43.4 Å². The van der Waals surface area contributed by atoms with Crippen molar-refractivity contribution >= 4 is 0 Å². The maximum absolute atomic E-state index is 12.2. The fraction of sp³-hybridized carbons (Fsp3) is 0.625. The zero-order chi connectivity index (χ0) is 15.4. The van der Waals surface area contributed by atoms with Crippen molar-refractivity contribution < 1.29 is 13.5 Å². The van der Waals surface area contributed by atoms with E-state index in [4.69, 9.17) is 5.73 Å². The normalized spacial score (nSPS) is 25.0. The SMILES string of the molecule is CC1CCC(C)N(C(CN)c2ccc(OC(F)F)cc2)C1. The van der Waals surface area contributed by atoms with Gasteiger partial charge in [0.2, 0.25) is 0 Å². The van der Waals surface area contributed by atoms with Crippen LogP contribution in [0.5, 0.6) is 5.75 Å². The molecule has 3 atom stereocenters. The van der Waals surface area contributed by atoms with Gasteiger partial charge in [-0.2, -0.15) is 8.78 Å². The van der Waals surface area contributed by atoms with Crippen LogP contribution in [0.15, 0.2) is 24.3 Å². The number of benzene rings is 1. The molecule has 0 aliphatic carbocycles. The number of nitrogens with zero attached hydrogens (tertiary/aromatic N) is 1. The van der Waals surface area contributed by atoms with Crippen LogP contribution in [0.4, 0.5) is 8.78 Å². The smallest absolute Gasteiger partial charge is 0.387 e. The molecule has 2 N–H and O–H groups in total. The molecule has 2 rings (SSSR count). The number of hydrogen-bond acceptors (Lipinski definition) is 3. The number of nitrogens with two attached hydrogens (primary N) is 1. The van der Waals surface area contributed by atoms with Gasteiger partial charge in [-0.25, -0.2) is 0 Å². The molecule has 1 aromatic carbocycles. The van der Waals surface area contributed by atoms with Crippen molar-refractivity contribution in [3.8, 4) is 5.75 Å². The molecule has 118 valence electrons. The first-order chi connectivity index (χ1) is 10.0. The molecule has 0 aromatic heterocycles. The second-order valence-electron chi connectivity index (χ2n) is 5.93. The van der Waals surface area contributed by atoms with Crippen LogP contribution < -0.4 is 10.5 Å². The number of hydrogen-bond donors (Lipinski definition) is 1. The summed E-state index contributed by atoms with van der Waals surface area (Å²) in [4.78, 5) is 2.43. The third kappa shape index (κ3) is 4.14. The maximum atomic E-state index is 12.2. The fourth-order valence-corrected chi connectivity index (χ4v) is 3.09. The molecule has 0 radical (unpaired) electrons. The van der Waals surface area contributed by atoms with Crippen LogP contribution in [0, 0.1) is 5.92 Å². The second-order valence-corrected chi connectivity index (χ2v) is 5.93. The molecular formula is C16H24F2N2O. The Labute approximate surface area is 125 Å². The summed E-state index contributed by atoms with van der Waals surface area (Å²) < 4.78 is 28.7. The molecule has 1 heterocycles. The highest BCUT2D eigenvalue weighted by molar-refractivity contribution is 5.29. The zero-order valence-corrected chi connectivity index (χ0v) is 12.6. The molecule has 1 aliphatic heterocycles. The third-order valence-corrected chi connectivity index (χ3v) is 4.28. The largest absolute Gasteiger partial charge is 0.435 e. The van der Waals surface area contributed by atoms with Crippen molar-refractivity contribution in [2.75, 3.05) is 13.1 Å². The number of piperidine rings is 1. The second kappa shape index (κ2) is 7.18. The zero-order valence-electron chi connectivity index (χ0n) is 12.6. The highest BCUT2D eigenvalue weighted by Gasteiger charge is 2.29. The molecule has 1 fully saturated rings. The van der Waals surface area contributed by atoms with E-state index in [0.29, 0.717) is 18.5 Å². The summed E-state index contributed by atoms with van der Waals surface area (Å²) in [5.41, 5.74) is 7.02. The Morgan fingerprint density at radius 2 is 1.90 bits per heavy atom. The highest BCUT2D eigenvalue weighted by atomic mass is 19.3. The number of likely N-dealkylation sites (tertiary alicyclic amines) is 1. The van der Waals surface area contributed by atoms with Crippen molar-refractivity contribution in [1.82, 2.24) is 4.90 Å². The minimum Gasteiger partial charge on any atom is -0.435 e. The van der Waals surface area contributed by atoms with Crippen molar-refractivity contribution in [3.63, 3.8) is 0 Å². The van der Waals surface area contributed by atoms with Gasteiger partial charge in [-0.15, -0.1) is 0 Å². The predicted molar refractivity (Wildman–Crippen MR) is 79.4 cm³/mol. The molecule has 0 amide bonds. The Morgan fingerprint density at radius 3 is 2.48 bits per heavy atom. The van der Waals surface area contributed by atoms with E-state index in [0.717, 1.165) is 12.1 Å². The van der Waals surface area contributed by atoms with Crippen LogP contribution in [-0.2, 0) is 0 Å². The maximum Gasteiger partial charge on any atom is 0.387 e. The molecule has 21 heavy (non-hydrogen) atoms. The molecule has 3 nitrogen and oxygen atoms in total. The van der Waals surface area contributed by atoms with Crippen LogP contribution >= 0.6 is 0 Å². The Hall–Kier alpha value is -1.20. The molecule has 1 aromatic rings. The van der Waals surface area contributed by atoms with Crippen molar-refractivity contribution in [1.29, 1.82) is 0 Å². The lowest BCUT2D eigenvalue weighted by Gasteiger charge is -2.42. The minimum atomic E-state index is -2.79. The third-order valence-electron chi connectivity index (χ3n) is 4.28. The van der Waals surface area contributed by atoms with Crippen molar-refractivity contribution in [2.45, 2.75) is 45.4 Å². The van der Waals surface area contributed by atoms with Crippen LogP contribution in [0.2, 0.25) is 0 Å². The molecule has 3 unspecified atom stereocenters. The summed E-state index contributed by atoms with van der Waals surface area (Å²) in [6.07, 6.45) is 2.42. The first-order valence-corrected chi connectivity index (χ1v) is 7.51. The van der Waals surface area contributed by atoms with Crippen LogP contribution in [0.1, 0.15) is 38.3 Å². The lowest BCUT2D eigenvalue weighted by Crippen LogP contribution is -2.45. The van der Waals surface area contributed by atoms with Gasteiger partial charge in [0, 0.05) is 25.2 Å². The van der Waals surface area contributed by atoms with Crippen molar-refractivity contribution in [2.24, 2.45) is 11.7 Å². The van der Waals surface area contributed by atoms with Gasteiger partial charge in [-0.3, -0.25) is 4.90 Å². The Morgan fingerprint density at radius 1 is 1.24 bits per heavy atom. The van der Waals surface area contributed by atoms with Gasteiger partial charge in [0.15, 0.2) is 0 Å².